The van der Waals surface area contributed by atoms with Crippen LogP contribution < -0.4 is 5.73 Å². The van der Waals surface area contributed by atoms with E-state index in [0.717, 1.165) is 47.9 Å². The fourth-order valence-electron chi connectivity index (χ4n) is 1.74. The number of aromatic nitrogens is 2. The third-order valence-electron chi connectivity index (χ3n) is 2.66. The van der Waals surface area contributed by atoms with Gasteiger partial charge >= 0.3 is 0 Å². The van der Waals surface area contributed by atoms with E-state index in [1.54, 1.807) is 0 Å². The number of nitrogens with one attached hydrogen (secondary N) is 1. The van der Waals surface area contributed by atoms with Crippen molar-refractivity contribution in [1.29, 1.82) is 0 Å². The highest BCUT2D eigenvalue weighted by molar-refractivity contribution is 6.33. The highest BCUT2D eigenvalue weighted by atomic mass is 35.5. The van der Waals surface area contributed by atoms with Gasteiger partial charge in [0.2, 0.25) is 0 Å². The summed E-state index contributed by atoms with van der Waals surface area (Å²) in [6.45, 7) is 0.734. The molecule has 4 heteroatoms. The van der Waals surface area contributed by atoms with E-state index in [0.29, 0.717) is 0 Å². The number of nitrogens with two attached hydrogens (primary N) is 1. The Labute approximate surface area is 106 Å². The smallest absolute Gasteiger partial charge is 0.106 e. The maximum atomic E-state index is 6.13. The van der Waals surface area contributed by atoms with Gasteiger partial charge in [0.25, 0.3) is 0 Å². The van der Waals surface area contributed by atoms with Gasteiger partial charge in [0.05, 0.1) is 11.9 Å². The van der Waals surface area contributed by atoms with Gasteiger partial charge in [-0.3, -0.25) is 0 Å². The second-order valence-corrected chi connectivity index (χ2v) is 4.38. The molecule has 0 aliphatic heterocycles. The number of H-pyrrole nitrogens is 1. The zero-order chi connectivity index (χ0) is 12.1. The van der Waals surface area contributed by atoms with E-state index in [1.807, 2.05) is 30.5 Å². The molecule has 0 atom stereocenters. The lowest BCUT2D eigenvalue weighted by Crippen LogP contribution is -1.99. The van der Waals surface area contributed by atoms with Crippen molar-refractivity contribution in [3.8, 4) is 11.3 Å². The lowest BCUT2D eigenvalue weighted by atomic mass is 10.2. The van der Waals surface area contributed by atoms with E-state index in [2.05, 4.69) is 9.97 Å². The van der Waals surface area contributed by atoms with E-state index in [1.165, 1.54) is 0 Å². The first-order valence-corrected chi connectivity index (χ1v) is 6.18. The van der Waals surface area contributed by atoms with Crippen LogP contribution >= 0.6 is 11.6 Å². The van der Waals surface area contributed by atoms with Crippen LogP contribution in [0.3, 0.4) is 0 Å². The van der Waals surface area contributed by atoms with Crippen LogP contribution in [0.25, 0.3) is 11.3 Å². The number of aromatic amines is 1. The predicted molar refractivity (Wildman–Crippen MR) is 71.0 cm³/mol. The molecule has 0 aliphatic rings. The molecule has 2 aromatic rings. The molecule has 17 heavy (non-hydrogen) atoms. The summed E-state index contributed by atoms with van der Waals surface area (Å²) >= 11 is 6.13. The minimum absolute atomic E-state index is 0.734. The molecule has 0 bridgehead atoms. The Morgan fingerprint density at radius 3 is 2.82 bits per heavy atom. The number of hydrogen-bond donors (Lipinski definition) is 2. The Kier molecular flexibility index (Phi) is 4.18. The number of aryl methyl sites for hydroxylation is 1. The van der Waals surface area contributed by atoms with Crippen molar-refractivity contribution in [1.82, 2.24) is 9.97 Å². The highest BCUT2D eigenvalue weighted by Crippen LogP contribution is 2.25. The number of rotatable bonds is 5. The van der Waals surface area contributed by atoms with Crippen LogP contribution in [0.5, 0.6) is 0 Å². The Morgan fingerprint density at radius 1 is 1.24 bits per heavy atom. The van der Waals surface area contributed by atoms with Gasteiger partial charge in [0.15, 0.2) is 0 Å². The first-order chi connectivity index (χ1) is 8.31. The fourth-order valence-corrected chi connectivity index (χ4v) is 1.98. The molecule has 3 nitrogen and oxygen atoms in total. The van der Waals surface area contributed by atoms with E-state index >= 15 is 0 Å². The van der Waals surface area contributed by atoms with Crippen molar-refractivity contribution in [2.75, 3.05) is 6.54 Å². The first kappa shape index (κ1) is 12.1. The number of imidazole rings is 1. The molecule has 0 unspecified atom stereocenters. The molecule has 0 saturated carbocycles. The summed E-state index contributed by atoms with van der Waals surface area (Å²) in [5.74, 6) is 0.994. The molecule has 0 aliphatic carbocycles. The zero-order valence-corrected chi connectivity index (χ0v) is 10.4. The van der Waals surface area contributed by atoms with Gasteiger partial charge in [0, 0.05) is 17.0 Å². The van der Waals surface area contributed by atoms with Gasteiger partial charge < -0.3 is 10.7 Å². The second-order valence-electron chi connectivity index (χ2n) is 3.97. The molecule has 1 heterocycles. The Balaban J connectivity index is 2.10. The summed E-state index contributed by atoms with van der Waals surface area (Å²) in [6, 6.07) is 7.76. The zero-order valence-electron chi connectivity index (χ0n) is 9.62. The molecule has 1 aromatic carbocycles. The lowest BCUT2D eigenvalue weighted by Gasteiger charge is -2.00. The summed E-state index contributed by atoms with van der Waals surface area (Å²) in [5, 5.41) is 0.740. The first-order valence-electron chi connectivity index (χ1n) is 5.80. The Bertz CT molecular complexity index is 479. The summed E-state index contributed by atoms with van der Waals surface area (Å²) in [5.41, 5.74) is 7.42. The lowest BCUT2D eigenvalue weighted by molar-refractivity contribution is 0.723. The standard InChI is InChI=1S/C13H16ClN3/c14-11-6-2-1-5-10(11)12-9-16-13(17-12)7-3-4-8-15/h1-2,5-6,9H,3-4,7-8,15H2,(H,16,17). The average Bonchev–Trinajstić information content (AvgIpc) is 2.79. The van der Waals surface area contributed by atoms with Gasteiger partial charge in [-0.05, 0) is 25.5 Å². The molecule has 0 radical (unpaired) electrons. The summed E-state index contributed by atoms with van der Waals surface area (Å²) in [6.07, 6.45) is 4.86. The quantitative estimate of drug-likeness (QED) is 0.801. The van der Waals surface area contributed by atoms with Crippen molar-refractivity contribution in [2.24, 2.45) is 5.73 Å². The molecule has 2 rings (SSSR count). The van der Waals surface area contributed by atoms with E-state index < -0.39 is 0 Å². The maximum Gasteiger partial charge on any atom is 0.106 e. The number of benzene rings is 1. The average molecular weight is 250 g/mol. The molecular weight excluding hydrogens is 234 g/mol. The Hall–Kier alpha value is -1.32. The van der Waals surface area contributed by atoms with Gasteiger partial charge in [-0.25, -0.2) is 4.98 Å². The van der Waals surface area contributed by atoms with E-state index in [-0.39, 0.29) is 0 Å². The van der Waals surface area contributed by atoms with Crippen molar-refractivity contribution in [2.45, 2.75) is 19.3 Å². The third-order valence-corrected chi connectivity index (χ3v) is 2.99. The van der Waals surface area contributed by atoms with Gasteiger partial charge in [-0.1, -0.05) is 29.8 Å². The monoisotopic (exact) mass is 249 g/mol. The van der Waals surface area contributed by atoms with Crippen LogP contribution in [0, 0.1) is 0 Å². The molecule has 1 aromatic heterocycles. The molecule has 0 saturated heterocycles. The van der Waals surface area contributed by atoms with Crippen LogP contribution in [0.4, 0.5) is 0 Å². The Morgan fingerprint density at radius 2 is 2.06 bits per heavy atom. The largest absolute Gasteiger partial charge is 0.342 e. The van der Waals surface area contributed by atoms with Crippen molar-refractivity contribution < 1.29 is 0 Å². The second kappa shape index (κ2) is 5.84. The van der Waals surface area contributed by atoms with Crippen molar-refractivity contribution in [3.63, 3.8) is 0 Å². The topological polar surface area (TPSA) is 54.7 Å². The van der Waals surface area contributed by atoms with Crippen LogP contribution in [0.2, 0.25) is 5.02 Å². The SMILES string of the molecule is NCCCCc1ncc(-c2ccccc2Cl)[nH]1. The van der Waals surface area contributed by atoms with Gasteiger partial charge in [-0.15, -0.1) is 0 Å². The van der Waals surface area contributed by atoms with E-state index in [9.17, 15) is 0 Å². The molecule has 3 N–H and O–H groups in total. The third kappa shape index (κ3) is 3.08. The van der Waals surface area contributed by atoms with Gasteiger partial charge in [-0.2, -0.15) is 0 Å². The van der Waals surface area contributed by atoms with Crippen LogP contribution in [-0.4, -0.2) is 16.5 Å². The van der Waals surface area contributed by atoms with Crippen molar-refractivity contribution >= 4 is 11.6 Å². The predicted octanol–water partition coefficient (Wildman–Crippen LogP) is 3.01. The van der Waals surface area contributed by atoms with Crippen LogP contribution in [0.1, 0.15) is 18.7 Å². The fraction of sp³-hybridized carbons (Fsp3) is 0.308. The minimum Gasteiger partial charge on any atom is -0.342 e. The number of halogens is 1. The van der Waals surface area contributed by atoms with Crippen LogP contribution in [0.15, 0.2) is 30.5 Å². The molecule has 90 valence electrons. The van der Waals surface area contributed by atoms with Crippen molar-refractivity contribution in [3.05, 3.63) is 41.3 Å². The molecule has 0 amide bonds. The highest BCUT2D eigenvalue weighted by Gasteiger charge is 2.06. The van der Waals surface area contributed by atoms with Crippen LogP contribution in [-0.2, 0) is 6.42 Å². The summed E-state index contributed by atoms with van der Waals surface area (Å²) < 4.78 is 0. The summed E-state index contributed by atoms with van der Waals surface area (Å²) in [4.78, 5) is 7.64. The van der Waals surface area contributed by atoms with Gasteiger partial charge in [0.1, 0.15) is 5.82 Å². The van der Waals surface area contributed by atoms with E-state index in [4.69, 9.17) is 17.3 Å². The minimum atomic E-state index is 0.734. The molecule has 0 spiro atoms. The molecular formula is C13H16ClN3. The normalized spacial score (nSPS) is 10.7. The number of hydrogen-bond acceptors (Lipinski definition) is 2. The number of nitrogens with zero attached hydrogens (tertiary/aromatic N) is 1. The number of unbranched alkanes of at least 4 members (excludes halogenated alkanes) is 1. The maximum absolute atomic E-state index is 6.13. The molecule has 0 fully saturated rings. The summed E-state index contributed by atoms with van der Waals surface area (Å²) in [7, 11) is 0.